The molecule has 0 aliphatic rings. The van der Waals surface area contributed by atoms with Crippen LogP contribution in [0.25, 0.3) is 0 Å². The minimum absolute atomic E-state index is 0.174. The van der Waals surface area contributed by atoms with E-state index in [1.807, 2.05) is 0 Å². The molecule has 0 radical (unpaired) electrons. The van der Waals surface area contributed by atoms with Crippen LogP contribution in [0.5, 0.6) is 11.5 Å². The highest BCUT2D eigenvalue weighted by Crippen LogP contribution is 2.31. The molecule has 0 saturated heterocycles. The summed E-state index contributed by atoms with van der Waals surface area (Å²) < 4.78 is 38.0. The Hall–Kier alpha value is -1.47. The predicted molar refractivity (Wildman–Crippen MR) is 75.1 cm³/mol. The zero-order chi connectivity index (χ0) is 14.6. The van der Waals surface area contributed by atoms with Crippen LogP contribution in [0.2, 0.25) is 0 Å². The smallest absolute Gasteiger partial charge is 0.301 e. The monoisotopic (exact) mass is 288 g/mol. The Morgan fingerprint density at radius 2 is 1.74 bits per heavy atom. The maximum atomic E-state index is 12.0. The molecule has 0 amide bonds. The molecule has 0 atom stereocenters. The standard InChI is InChI=1S/C12H20N2O4S/c1-9(2)13-19(15,16)14(3)10-6-7-11(17-4)12(8-10)18-5/h6-9,13H,1-5H3. The van der Waals surface area contributed by atoms with E-state index in [9.17, 15) is 8.42 Å². The van der Waals surface area contributed by atoms with Gasteiger partial charge in [-0.2, -0.15) is 13.1 Å². The van der Waals surface area contributed by atoms with E-state index in [1.165, 1.54) is 21.3 Å². The van der Waals surface area contributed by atoms with Gasteiger partial charge in [0.15, 0.2) is 11.5 Å². The molecule has 6 nitrogen and oxygen atoms in total. The van der Waals surface area contributed by atoms with Crippen molar-refractivity contribution >= 4 is 15.9 Å². The second kappa shape index (κ2) is 6.12. The zero-order valence-corrected chi connectivity index (χ0v) is 12.6. The predicted octanol–water partition coefficient (Wildman–Crippen LogP) is 1.38. The van der Waals surface area contributed by atoms with Gasteiger partial charge in [0.05, 0.1) is 19.9 Å². The van der Waals surface area contributed by atoms with E-state index in [-0.39, 0.29) is 6.04 Å². The summed E-state index contributed by atoms with van der Waals surface area (Å²) in [7, 11) is 0.937. The summed E-state index contributed by atoms with van der Waals surface area (Å²) in [6.07, 6.45) is 0. The van der Waals surface area contributed by atoms with Crippen molar-refractivity contribution in [3.05, 3.63) is 18.2 Å². The van der Waals surface area contributed by atoms with E-state index in [4.69, 9.17) is 9.47 Å². The van der Waals surface area contributed by atoms with Crippen molar-refractivity contribution in [3.8, 4) is 11.5 Å². The Morgan fingerprint density at radius 3 is 2.21 bits per heavy atom. The quantitative estimate of drug-likeness (QED) is 0.859. The van der Waals surface area contributed by atoms with Crippen LogP contribution in [0.15, 0.2) is 18.2 Å². The number of hydrogen-bond acceptors (Lipinski definition) is 4. The molecule has 0 saturated carbocycles. The van der Waals surface area contributed by atoms with Crippen molar-refractivity contribution in [1.29, 1.82) is 0 Å². The number of anilines is 1. The third-order valence-electron chi connectivity index (χ3n) is 2.48. The van der Waals surface area contributed by atoms with Gasteiger partial charge in [-0.25, -0.2) is 0 Å². The molecule has 0 bridgehead atoms. The van der Waals surface area contributed by atoms with E-state index in [0.717, 1.165) is 4.31 Å². The van der Waals surface area contributed by atoms with Crippen molar-refractivity contribution in [2.45, 2.75) is 19.9 Å². The molecule has 0 heterocycles. The molecular formula is C12H20N2O4S. The van der Waals surface area contributed by atoms with Gasteiger partial charge in [0, 0.05) is 19.2 Å². The van der Waals surface area contributed by atoms with Gasteiger partial charge in [0.2, 0.25) is 0 Å². The topological polar surface area (TPSA) is 67.9 Å². The highest BCUT2D eigenvalue weighted by Gasteiger charge is 2.20. The first-order valence-electron chi connectivity index (χ1n) is 5.80. The SMILES string of the molecule is COc1ccc(N(C)S(=O)(=O)NC(C)C)cc1OC. The number of ether oxygens (including phenoxy) is 2. The third-order valence-corrected chi connectivity index (χ3v) is 4.18. The van der Waals surface area contributed by atoms with E-state index < -0.39 is 10.2 Å². The lowest BCUT2D eigenvalue weighted by Gasteiger charge is -2.22. The summed E-state index contributed by atoms with van der Waals surface area (Å²) in [6, 6.07) is 4.75. The lowest BCUT2D eigenvalue weighted by molar-refractivity contribution is 0.355. The summed E-state index contributed by atoms with van der Waals surface area (Å²) >= 11 is 0. The number of rotatable bonds is 6. The molecule has 108 valence electrons. The van der Waals surface area contributed by atoms with E-state index in [1.54, 1.807) is 32.0 Å². The zero-order valence-electron chi connectivity index (χ0n) is 11.8. The average molecular weight is 288 g/mol. The number of benzene rings is 1. The van der Waals surface area contributed by atoms with E-state index >= 15 is 0 Å². The molecular weight excluding hydrogens is 268 g/mol. The minimum atomic E-state index is -3.57. The fraction of sp³-hybridized carbons (Fsp3) is 0.500. The van der Waals surface area contributed by atoms with Gasteiger partial charge in [0.1, 0.15) is 0 Å². The maximum absolute atomic E-state index is 12.0. The summed E-state index contributed by atoms with van der Waals surface area (Å²) in [6.45, 7) is 3.53. The molecule has 19 heavy (non-hydrogen) atoms. The van der Waals surface area contributed by atoms with Crippen LogP contribution < -0.4 is 18.5 Å². The number of nitrogens with one attached hydrogen (secondary N) is 1. The fourth-order valence-electron chi connectivity index (χ4n) is 1.54. The molecule has 7 heteroatoms. The van der Waals surface area contributed by atoms with Crippen LogP contribution in [-0.4, -0.2) is 35.7 Å². The molecule has 0 aliphatic heterocycles. The van der Waals surface area contributed by atoms with Crippen LogP contribution in [0, 0.1) is 0 Å². The number of hydrogen-bond donors (Lipinski definition) is 1. The van der Waals surface area contributed by atoms with Crippen molar-refractivity contribution in [2.24, 2.45) is 0 Å². The summed E-state index contributed by atoms with van der Waals surface area (Å²) in [4.78, 5) is 0. The Kier molecular flexibility index (Phi) is 5.02. The first kappa shape index (κ1) is 15.6. The number of methoxy groups -OCH3 is 2. The average Bonchev–Trinajstić information content (AvgIpc) is 2.35. The van der Waals surface area contributed by atoms with Gasteiger partial charge in [0.25, 0.3) is 0 Å². The summed E-state index contributed by atoms with van der Waals surface area (Å²) in [5, 5.41) is 0. The Balaban J connectivity index is 3.10. The largest absolute Gasteiger partial charge is 0.493 e. The normalized spacial score (nSPS) is 11.5. The van der Waals surface area contributed by atoms with Gasteiger partial charge in [-0.05, 0) is 26.0 Å². The molecule has 0 aliphatic carbocycles. The van der Waals surface area contributed by atoms with Crippen LogP contribution in [0.1, 0.15) is 13.8 Å². The Labute approximate surface area is 114 Å². The minimum Gasteiger partial charge on any atom is -0.493 e. The maximum Gasteiger partial charge on any atom is 0.301 e. The molecule has 1 aromatic carbocycles. The highest BCUT2D eigenvalue weighted by molar-refractivity contribution is 7.90. The van der Waals surface area contributed by atoms with Crippen molar-refractivity contribution in [3.63, 3.8) is 0 Å². The molecule has 1 N–H and O–H groups in total. The molecule has 0 aromatic heterocycles. The molecule has 1 aromatic rings. The van der Waals surface area contributed by atoms with Crippen LogP contribution >= 0.6 is 0 Å². The lowest BCUT2D eigenvalue weighted by Crippen LogP contribution is -2.41. The summed E-state index contributed by atoms with van der Waals surface area (Å²) in [5.41, 5.74) is 0.491. The number of nitrogens with zero attached hydrogens (tertiary/aromatic N) is 1. The Morgan fingerprint density at radius 1 is 1.16 bits per heavy atom. The lowest BCUT2D eigenvalue weighted by atomic mass is 10.3. The Bertz CT molecular complexity index is 529. The van der Waals surface area contributed by atoms with Crippen molar-refractivity contribution < 1.29 is 17.9 Å². The van der Waals surface area contributed by atoms with Gasteiger partial charge in [-0.15, -0.1) is 0 Å². The third kappa shape index (κ3) is 3.74. The van der Waals surface area contributed by atoms with Gasteiger partial charge < -0.3 is 9.47 Å². The van der Waals surface area contributed by atoms with Crippen LogP contribution in [-0.2, 0) is 10.2 Å². The second-order valence-corrected chi connectivity index (χ2v) is 6.02. The van der Waals surface area contributed by atoms with Crippen molar-refractivity contribution in [2.75, 3.05) is 25.6 Å². The first-order chi connectivity index (χ1) is 8.81. The fourth-order valence-corrected chi connectivity index (χ4v) is 2.68. The summed E-state index contributed by atoms with van der Waals surface area (Å²) in [5.74, 6) is 1.03. The molecule has 0 fully saturated rings. The van der Waals surface area contributed by atoms with Crippen molar-refractivity contribution in [1.82, 2.24) is 4.72 Å². The molecule has 0 spiro atoms. The van der Waals surface area contributed by atoms with Crippen LogP contribution in [0.3, 0.4) is 0 Å². The van der Waals surface area contributed by atoms with Gasteiger partial charge >= 0.3 is 10.2 Å². The van der Waals surface area contributed by atoms with Gasteiger partial charge in [-0.3, -0.25) is 4.31 Å². The second-order valence-electron chi connectivity index (χ2n) is 4.28. The molecule has 1 rings (SSSR count). The van der Waals surface area contributed by atoms with E-state index in [2.05, 4.69) is 4.72 Å². The highest BCUT2D eigenvalue weighted by atomic mass is 32.2. The van der Waals surface area contributed by atoms with E-state index in [0.29, 0.717) is 17.2 Å². The first-order valence-corrected chi connectivity index (χ1v) is 7.24. The van der Waals surface area contributed by atoms with Crippen LogP contribution in [0.4, 0.5) is 5.69 Å². The van der Waals surface area contributed by atoms with Gasteiger partial charge in [-0.1, -0.05) is 0 Å². The molecule has 0 unspecified atom stereocenters.